The molecule has 0 bridgehead atoms. The number of hydrogen-bond donors (Lipinski definition) is 2. The fraction of sp³-hybridized carbons (Fsp3) is 0.588. The van der Waals surface area contributed by atoms with Crippen LogP contribution in [0.3, 0.4) is 0 Å². The third-order valence-corrected chi connectivity index (χ3v) is 4.48. The van der Waals surface area contributed by atoms with Gasteiger partial charge in [0.25, 0.3) is 5.91 Å². The lowest BCUT2D eigenvalue weighted by molar-refractivity contribution is -0.122. The maximum absolute atomic E-state index is 12.3. The zero-order valence-electron chi connectivity index (χ0n) is 14.6. The maximum Gasteiger partial charge on any atom is 0.256 e. The summed E-state index contributed by atoms with van der Waals surface area (Å²) < 4.78 is 10.7. The van der Waals surface area contributed by atoms with Crippen LogP contribution in [0.2, 0.25) is 0 Å². The van der Waals surface area contributed by atoms with Crippen LogP contribution in [0.5, 0.6) is 5.88 Å². The number of methoxy groups -OCH3 is 1. The van der Waals surface area contributed by atoms with E-state index in [9.17, 15) is 9.59 Å². The van der Waals surface area contributed by atoms with E-state index in [2.05, 4.69) is 15.6 Å². The Morgan fingerprint density at radius 3 is 3.08 bits per heavy atom. The van der Waals surface area contributed by atoms with Crippen LogP contribution >= 0.6 is 0 Å². The van der Waals surface area contributed by atoms with Gasteiger partial charge in [-0.15, -0.1) is 0 Å². The van der Waals surface area contributed by atoms with Crippen molar-refractivity contribution in [3.8, 4) is 5.88 Å². The number of fused-ring (bicyclic) bond motifs is 1. The first-order valence-electron chi connectivity index (χ1n) is 8.56. The number of rotatable bonds is 6. The van der Waals surface area contributed by atoms with Gasteiger partial charge < -0.3 is 25.0 Å². The average molecular weight is 348 g/mol. The molecule has 0 saturated carbocycles. The number of hydrogen-bond acceptors (Lipinski definition) is 6. The molecule has 0 aromatic carbocycles. The van der Waals surface area contributed by atoms with Crippen LogP contribution in [0.1, 0.15) is 35.0 Å². The lowest BCUT2D eigenvalue weighted by atomic mass is 10.1. The molecule has 0 aliphatic carbocycles. The predicted molar refractivity (Wildman–Crippen MR) is 90.3 cm³/mol. The van der Waals surface area contributed by atoms with Gasteiger partial charge >= 0.3 is 0 Å². The molecule has 2 N–H and O–H groups in total. The summed E-state index contributed by atoms with van der Waals surface area (Å²) in [4.78, 5) is 30.6. The van der Waals surface area contributed by atoms with Gasteiger partial charge in [-0.2, -0.15) is 0 Å². The number of nitrogens with one attached hydrogen (secondary N) is 2. The number of amides is 2. The van der Waals surface area contributed by atoms with Gasteiger partial charge in [-0.25, -0.2) is 4.98 Å². The number of morpholine rings is 1. The molecule has 3 heterocycles. The van der Waals surface area contributed by atoms with Gasteiger partial charge in [0.1, 0.15) is 0 Å². The summed E-state index contributed by atoms with van der Waals surface area (Å²) in [6.07, 6.45) is 0.350. The molecule has 8 heteroatoms. The van der Waals surface area contributed by atoms with Crippen LogP contribution < -0.4 is 15.4 Å². The molecule has 1 atom stereocenters. The largest absolute Gasteiger partial charge is 0.481 e. The summed E-state index contributed by atoms with van der Waals surface area (Å²) in [5.41, 5.74) is 2.02. The van der Waals surface area contributed by atoms with Crippen LogP contribution in [-0.2, 0) is 22.6 Å². The summed E-state index contributed by atoms with van der Waals surface area (Å²) in [6, 6.07) is 1.81. The Bertz CT molecular complexity index is 658. The minimum Gasteiger partial charge on any atom is -0.481 e. The Labute approximate surface area is 146 Å². The second kappa shape index (κ2) is 7.79. The molecule has 8 nitrogen and oxygen atoms in total. The molecule has 2 aliphatic heterocycles. The SMILES string of the molecule is CCN1Cc2nc(OC)c(CNC(=O)CC3COCCN3)cc2C1=O. The van der Waals surface area contributed by atoms with Crippen LogP contribution in [0.4, 0.5) is 0 Å². The van der Waals surface area contributed by atoms with Crippen molar-refractivity contribution in [3.63, 3.8) is 0 Å². The van der Waals surface area contributed by atoms with Crippen molar-refractivity contribution in [2.75, 3.05) is 33.4 Å². The number of carbonyl (C=O) groups is 2. The standard InChI is InChI=1S/C17H24N4O4/c1-3-21-9-14-13(17(21)23)6-11(16(20-14)24-2)8-19-15(22)7-12-10-25-5-4-18-12/h6,12,18H,3-5,7-10H2,1-2H3,(H,19,22). The van der Waals surface area contributed by atoms with E-state index < -0.39 is 0 Å². The van der Waals surface area contributed by atoms with E-state index in [0.29, 0.717) is 49.7 Å². The average Bonchev–Trinajstić information content (AvgIpc) is 2.95. The molecule has 25 heavy (non-hydrogen) atoms. The van der Waals surface area contributed by atoms with E-state index in [0.717, 1.165) is 12.2 Å². The van der Waals surface area contributed by atoms with Gasteiger partial charge in [0.2, 0.25) is 11.8 Å². The predicted octanol–water partition coefficient (Wildman–Crippen LogP) is 0.0606. The normalized spacial score (nSPS) is 19.7. The van der Waals surface area contributed by atoms with Crippen molar-refractivity contribution in [1.82, 2.24) is 20.5 Å². The lowest BCUT2D eigenvalue weighted by Gasteiger charge is -2.23. The molecular formula is C17H24N4O4. The van der Waals surface area contributed by atoms with E-state index in [1.807, 2.05) is 6.92 Å². The van der Waals surface area contributed by atoms with Gasteiger partial charge in [0.15, 0.2) is 0 Å². The Balaban J connectivity index is 1.65. The molecule has 1 unspecified atom stereocenters. The molecule has 3 rings (SSSR count). The Morgan fingerprint density at radius 2 is 2.40 bits per heavy atom. The molecular weight excluding hydrogens is 324 g/mol. The Morgan fingerprint density at radius 1 is 1.56 bits per heavy atom. The Hall–Kier alpha value is -2.19. The third-order valence-electron chi connectivity index (χ3n) is 4.48. The second-order valence-corrected chi connectivity index (χ2v) is 6.18. The van der Waals surface area contributed by atoms with Gasteiger partial charge in [0, 0.05) is 37.7 Å². The number of nitrogens with zero attached hydrogens (tertiary/aromatic N) is 2. The summed E-state index contributed by atoms with van der Waals surface area (Å²) in [7, 11) is 1.54. The fourth-order valence-corrected chi connectivity index (χ4v) is 3.10. The van der Waals surface area contributed by atoms with Gasteiger partial charge in [-0.1, -0.05) is 0 Å². The Kier molecular flexibility index (Phi) is 5.50. The first kappa shape index (κ1) is 17.6. The smallest absolute Gasteiger partial charge is 0.256 e. The molecule has 1 fully saturated rings. The maximum atomic E-state index is 12.3. The third kappa shape index (κ3) is 3.91. The van der Waals surface area contributed by atoms with Gasteiger partial charge in [-0.3, -0.25) is 9.59 Å². The number of carbonyl (C=O) groups excluding carboxylic acids is 2. The van der Waals surface area contributed by atoms with E-state index >= 15 is 0 Å². The zero-order chi connectivity index (χ0) is 17.8. The van der Waals surface area contributed by atoms with Crippen molar-refractivity contribution in [2.45, 2.75) is 32.5 Å². The van der Waals surface area contributed by atoms with Gasteiger partial charge in [-0.05, 0) is 13.0 Å². The van der Waals surface area contributed by atoms with Crippen LogP contribution in [0.25, 0.3) is 0 Å². The van der Waals surface area contributed by atoms with Crippen LogP contribution in [0.15, 0.2) is 6.07 Å². The van der Waals surface area contributed by atoms with E-state index in [1.54, 1.807) is 11.0 Å². The van der Waals surface area contributed by atoms with Crippen molar-refractivity contribution < 1.29 is 19.1 Å². The highest BCUT2D eigenvalue weighted by atomic mass is 16.5. The van der Waals surface area contributed by atoms with Crippen molar-refractivity contribution >= 4 is 11.8 Å². The number of pyridine rings is 1. The molecule has 0 radical (unpaired) electrons. The fourth-order valence-electron chi connectivity index (χ4n) is 3.10. The highest BCUT2D eigenvalue weighted by molar-refractivity contribution is 5.98. The minimum absolute atomic E-state index is 0.0243. The summed E-state index contributed by atoms with van der Waals surface area (Å²) in [5, 5.41) is 6.12. The topological polar surface area (TPSA) is 92.8 Å². The van der Waals surface area contributed by atoms with E-state index in [-0.39, 0.29) is 24.4 Å². The van der Waals surface area contributed by atoms with Crippen LogP contribution in [-0.4, -0.2) is 61.2 Å². The minimum atomic E-state index is -0.0768. The molecule has 2 amide bonds. The van der Waals surface area contributed by atoms with E-state index in [1.165, 1.54) is 7.11 Å². The van der Waals surface area contributed by atoms with Crippen molar-refractivity contribution in [3.05, 3.63) is 22.9 Å². The first-order chi connectivity index (χ1) is 12.1. The quantitative estimate of drug-likeness (QED) is 0.755. The molecule has 0 spiro atoms. The number of aromatic nitrogens is 1. The molecule has 136 valence electrons. The molecule has 2 aliphatic rings. The van der Waals surface area contributed by atoms with Crippen molar-refractivity contribution in [1.29, 1.82) is 0 Å². The molecule has 1 aromatic heterocycles. The van der Waals surface area contributed by atoms with Crippen molar-refractivity contribution in [2.24, 2.45) is 0 Å². The second-order valence-electron chi connectivity index (χ2n) is 6.18. The first-order valence-corrected chi connectivity index (χ1v) is 8.56. The van der Waals surface area contributed by atoms with E-state index in [4.69, 9.17) is 9.47 Å². The molecule has 1 aromatic rings. The summed E-state index contributed by atoms with van der Waals surface area (Å²) >= 11 is 0. The zero-order valence-corrected chi connectivity index (χ0v) is 14.6. The highest BCUT2D eigenvalue weighted by Gasteiger charge is 2.29. The highest BCUT2D eigenvalue weighted by Crippen LogP contribution is 2.26. The number of ether oxygens (including phenoxy) is 2. The lowest BCUT2D eigenvalue weighted by Crippen LogP contribution is -2.44. The molecule has 1 saturated heterocycles. The monoisotopic (exact) mass is 348 g/mol. The summed E-state index contributed by atoms with van der Waals surface area (Å²) in [6.45, 7) is 5.33. The van der Waals surface area contributed by atoms with Gasteiger partial charge in [0.05, 0.1) is 38.1 Å². The summed E-state index contributed by atoms with van der Waals surface area (Å²) in [5.74, 6) is 0.347. The van der Waals surface area contributed by atoms with Crippen LogP contribution in [0, 0.1) is 0 Å².